The Hall–Kier alpha value is -3.26. The number of aromatic hydroxyl groups is 1. The predicted molar refractivity (Wildman–Crippen MR) is 92.2 cm³/mol. The zero-order valence-electron chi connectivity index (χ0n) is 14.2. The first kappa shape index (κ1) is 19.1. The molecule has 0 saturated carbocycles. The molecule has 0 aliphatic rings. The van der Waals surface area contributed by atoms with Crippen LogP contribution in [0.5, 0.6) is 11.5 Å². The van der Waals surface area contributed by atoms with Gasteiger partial charge in [0.05, 0.1) is 5.69 Å². The lowest BCUT2D eigenvalue weighted by molar-refractivity contribution is -0.178. The fourth-order valence-corrected chi connectivity index (χ4v) is 2.12. The van der Waals surface area contributed by atoms with Crippen LogP contribution in [0.4, 0.5) is 10.5 Å². The molecule has 8 nitrogen and oxygen atoms in total. The van der Waals surface area contributed by atoms with Crippen LogP contribution in [0.3, 0.4) is 0 Å². The fraction of sp³-hybridized carbons (Fsp3) is 0.222. The number of carboxylic acid groups (broad SMARTS) is 1. The first-order chi connectivity index (χ1) is 12.4. The molecule has 0 saturated heterocycles. The molecule has 0 radical (unpaired) electrons. The first-order valence-corrected chi connectivity index (χ1v) is 7.77. The molecule has 0 aliphatic heterocycles. The van der Waals surface area contributed by atoms with Gasteiger partial charge in [-0.25, -0.2) is 9.59 Å². The number of aromatic carboxylic acids is 1. The Morgan fingerprint density at radius 3 is 2.35 bits per heavy atom. The standard InChI is InChI=1S/C18H19NO7/c1-11(25-13-7-4-3-5-8-13)24-12(2)26-18(23)19-15-10-6-9-14(16(15)20)17(21)22/h3-12,20H,1-2H3,(H,19,23)(H,21,22). The number of phenols is 1. The fourth-order valence-electron chi connectivity index (χ4n) is 2.12. The number of nitrogens with one attached hydrogen (secondary N) is 1. The SMILES string of the molecule is CC(OC(=O)Nc1cccc(C(=O)O)c1O)OC(C)Oc1ccccc1. The number of hydrogen-bond acceptors (Lipinski definition) is 6. The molecule has 0 bridgehead atoms. The van der Waals surface area contributed by atoms with Gasteiger partial charge in [-0.2, -0.15) is 0 Å². The van der Waals surface area contributed by atoms with Gasteiger partial charge in [-0.15, -0.1) is 0 Å². The predicted octanol–water partition coefficient (Wildman–Crippen LogP) is 3.43. The summed E-state index contributed by atoms with van der Waals surface area (Å²) in [6, 6.07) is 12.9. The molecular weight excluding hydrogens is 342 g/mol. The molecule has 1 amide bonds. The summed E-state index contributed by atoms with van der Waals surface area (Å²) in [5, 5.41) is 21.1. The van der Waals surface area contributed by atoms with Gasteiger partial charge in [-0.05, 0) is 38.1 Å². The number of carbonyl (C=O) groups is 2. The van der Waals surface area contributed by atoms with Crippen molar-refractivity contribution in [2.75, 3.05) is 5.32 Å². The normalized spacial score (nSPS) is 12.7. The highest BCUT2D eigenvalue weighted by atomic mass is 16.8. The van der Waals surface area contributed by atoms with E-state index >= 15 is 0 Å². The van der Waals surface area contributed by atoms with Crippen molar-refractivity contribution in [2.45, 2.75) is 26.4 Å². The molecular formula is C18H19NO7. The van der Waals surface area contributed by atoms with Gasteiger partial charge in [0.15, 0.2) is 5.75 Å². The van der Waals surface area contributed by atoms with Crippen LogP contribution in [0, 0.1) is 0 Å². The van der Waals surface area contributed by atoms with E-state index in [-0.39, 0.29) is 11.3 Å². The van der Waals surface area contributed by atoms with Gasteiger partial charge < -0.3 is 24.4 Å². The smallest absolute Gasteiger partial charge is 0.414 e. The summed E-state index contributed by atoms with van der Waals surface area (Å²) in [4.78, 5) is 22.9. The highest BCUT2D eigenvalue weighted by Gasteiger charge is 2.18. The van der Waals surface area contributed by atoms with Crippen LogP contribution in [-0.4, -0.2) is 34.9 Å². The lowest BCUT2D eigenvalue weighted by atomic mass is 10.2. The van der Waals surface area contributed by atoms with E-state index in [4.69, 9.17) is 19.3 Å². The van der Waals surface area contributed by atoms with Gasteiger partial charge in [-0.1, -0.05) is 24.3 Å². The third-order valence-corrected chi connectivity index (χ3v) is 3.20. The van der Waals surface area contributed by atoms with E-state index in [9.17, 15) is 14.7 Å². The summed E-state index contributed by atoms with van der Waals surface area (Å²) in [6.45, 7) is 3.14. The van der Waals surface area contributed by atoms with Crippen LogP contribution in [0.25, 0.3) is 0 Å². The van der Waals surface area contributed by atoms with Crippen molar-refractivity contribution in [1.82, 2.24) is 0 Å². The lowest BCUT2D eigenvalue weighted by Gasteiger charge is -2.20. The van der Waals surface area contributed by atoms with Crippen LogP contribution in [0.15, 0.2) is 48.5 Å². The third kappa shape index (κ3) is 5.38. The highest BCUT2D eigenvalue weighted by molar-refractivity contribution is 5.96. The number of amides is 1. The zero-order valence-corrected chi connectivity index (χ0v) is 14.2. The summed E-state index contributed by atoms with van der Waals surface area (Å²) in [5.41, 5.74) is -0.423. The Morgan fingerprint density at radius 1 is 1.00 bits per heavy atom. The van der Waals surface area contributed by atoms with Crippen LogP contribution in [0.1, 0.15) is 24.2 Å². The first-order valence-electron chi connectivity index (χ1n) is 7.77. The number of hydrogen-bond donors (Lipinski definition) is 3. The van der Waals surface area contributed by atoms with Crippen molar-refractivity contribution in [2.24, 2.45) is 0 Å². The van der Waals surface area contributed by atoms with Gasteiger partial charge >= 0.3 is 12.1 Å². The minimum Gasteiger partial charge on any atom is -0.505 e. The zero-order chi connectivity index (χ0) is 19.1. The average Bonchev–Trinajstić information content (AvgIpc) is 2.57. The second-order valence-corrected chi connectivity index (χ2v) is 5.24. The van der Waals surface area contributed by atoms with Crippen LogP contribution >= 0.6 is 0 Å². The van der Waals surface area contributed by atoms with Crippen LogP contribution < -0.4 is 10.1 Å². The number of anilines is 1. The third-order valence-electron chi connectivity index (χ3n) is 3.20. The maximum absolute atomic E-state index is 11.9. The Bertz CT molecular complexity index is 763. The minimum absolute atomic E-state index is 0.0873. The summed E-state index contributed by atoms with van der Waals surface area (Å²) in [5.74, 6) is -1.28. The summed E-state index contributed by atoms with van der Waals surface area (Å²) in [6.07, 6.45) is -2.54. The van der Waals surface area contributed by atoms with E-state index in [1.165, 1.54) is 25.1 Å². The second-order valence-electron chi connectivity index (χ2n) is 5.24. The monoisotopic (exact) mass is 361 g/mol. The Balaban J connectivity index is 1.87. The summed E-state index contributed by atoms with van der Waals surface area (Å²) < 4.78 is 15.9. The molecule has 2 rings (SSSR count). The van der Waals surface area contributed by atoms with E-state index in [1.807, 2.05) is 18.2 Å². The second kappa shape index (κ2) is 8.72. The van der Waals surface area contributed by atoms with E-state index in [0.717, 1.165) is 0 Å². The molecule has 0 spiro atoms. The minimum atomic E-state index is -1.32. The molecule has 8 heteroatoms. The highest BCUT2D eigenvalue weighted by Crippen LogP contribution is 2.27. The van der Waals surface area contributed by atoms with E-state index in [0.29, 0.717) is 5.75 Å². The van der Waals surface area contributed by atoms with E-state index in [2.05, 4.69) is 5.32 Å². The lowest BCUT2D eigenvalue weighted by Crippen LogP contribution is -2.28. The van der Waals surface area contributed by atoms with Crippen LogP contribution in [-0.2, 0) is 9.47 Å². The Morgan fingerprint density at radius 2 is 1.69 bits per heavy atom. The number of para-hydroxylation sites is 2. The maximum Gasteiger partial charge on any atom is 0.414 e. The Kier molecular flexibility index (Phi) is 6.40. The van der Waals surface area contributed by atoms with Gasteiger partial charge in [-0.3, -0.25) is 5.32 Å². The Labute approximate surface area is 149 Å². The molecule has 26 heavy (non-hydrogen) atoms. The molecule has 3 N–H and O–H groups in total. The van der Waals surface area contributed by atoms with Crippen molar-refractivity contribution < 1.29 is 34.0 Å². The van der Waals surface area contributed by atoms with Crippen molar-refractivity contribution in [3.05, 3.63) is 54.1 Å². The van der Waals surface area contributed by atoms with Crippen molar-refractivity contribution in [3.8, 4) is 11.5 Å². The molecule has 0 aliphatic carbocycles. The number of carboxylic acids is 1. The van der Waals surface area contributed by atoms with Crippen molar-refractivity contribution in [1.29, 1.82) is 0 Å². The van der Waals surface area contributed by atoms with E-state index < -0.39 is 30.4 Å². The summed E-state index contributed by atoms with van der Waals surface area (Å²) in [7, 11) is 0. The molecule has 2 aromatic carbocycles. The van der Waals surface area contributed by atoms with Crippen molar-refractivity contribution >= 4 is 17.7 Å². The molecule has 0 heterocycles. The number of ether oxygens (including phenoxy) is 3. The van der Waals surface area contributed by atoms with Gasteiger partial charge in [0, 0.05) is 0 Å². The quantitative estimate of drug-likeness (QED) is 0.511. The van der Waals surface area contributed by atoms with Crippen LogP contribution in [0.2, 0.25) is 0 Å². The molecule has 0 aromatic heterocycles. The number of carbonyl (C=O) groups excluding carboxylic acids is 1. The van der Waals surface area contributed by atoms with Gasteiger partial charge in [0.2, 0.25) is 12.6 Å². The molecule has 0 fully saturated rings. The average molecular weight is 361 g/mol. The molecule has 138 valence electrons. The van der Waals surface area contributed by atoms with Gasteiger partial charge in [0.25, 0.3) is 0 Å². The van der Waals surface area contributed by atoms with E-state index in [1.54, 1.807) is 19.1 Å². The molecule has 2 atom stereocenters. The van der Waals surface area contributed by atoms with Gasteiger partial charge in [0.1, 0.15) is 11.3 Å². The molecule has 2 aromatic rings. The number of rotatable bonds is 7. The number of benzene rings is 2. The maximum atomic E-state index is 11.9. The topological polar surface area (TPSA) is 114 Å². The summed E-state index contributed by atoms with van der Waals surface area (Å²) >= 11 is 0. The van der Waals surface area contributed by atoms with Crippen molar-refractivity contribution in [3.63, 3.8) is 0 Å². The molecule has 2 unspecified atom stereocenters. The largest absolute Gasteiger partial charge is 0.505 e.